The Kier molecular flexibility index (Phi) is 5.30. The number of hydrogen-bond acceptors (Lipinski definition) is 6. The Bertz CT molecular complexity index is 365. The molecule has 1 unspecified atom stereocenters. The first-order valence-corrected chi connectivity index (χ1v) is 6.31. The van der Waals surface area contributed by atoms with E-state index in [4.69, 9.17) is 0 Å². The lowest BCUT2D eigenvalue weighted by atomic mass is 10.2. The molecule has 0 aliphatic heterocycles. The van der Waals surface area contributed by atoms with Crippen LogP contribution in [0.25, 0.3) is 0 Å². The molecule has 0 aliphatic carbocycles. The zero-order valence-corrected chi connectivity index (χ0v) is 11.5. The van der Waals surface area contributed by atoms with Crippen molar-refractivity contribution >= 4 is 22.4 Å². The lowest BCUT2D eigenvalue weighted by Gasteiger charge is -2.15. The van der Waals surface area contributed by atoms with Crippen LogP contribution in [0.2, 0.25) is 0 Å². The number of anilines is 1. The van der Waals surface area contributed by atoms with E-state index in [0.717, 1.165) is 13.0 Å². The lowest BCUT2D eigenvalue weighted by Crippen LogP contribution is -2.34. The monoisotopic (exact) mass is 257 g/mol. The van der Waals surface area contributed by atoms with E-state index >= 15 is 0 Å². The molecule has 0 saturated carbocycles. The summed E-state index contributed by atoms with van der Waals surface area (Å²) in [5.41, 5.74) is 0. The number of aromatic nitrogens is 2. The van der Waals surface area contributed by atoms with Gasteiger partial charge in [0.05, 0.1) is 0 Å². The summed E-state index contributed by atoms with van der Waals surface area (Å²) < 4.78 is 0. The first-order valence-electron chi connectivity index (χ1n) is 5.49. The van der Waals surface area contributed by atoms with Crippen molar-refractivity contribution in [3.05, 3.63) is 5.01 Å². The Hall–Kier alpha value is -1.21. The second-order valence-electron chi connectivity index (χ2n) is 4.13. The molecule has 1 aromatic heterocycles. The summed E-state index contributed by atoms with van der Waals surface area (Å²) in [6.07, 6.45) is 0.913. The third kappa shape index (κ3) is 4.66. The summed E-state index contributed by atoms with van der Waals surface area (Å²) in [5.74, 6) is -0.157. The van der Waals surface area contributed by atoms with Gasteiger partial charge in [-0.1, -0.05) is 11.3 Å². The highest BCUT2D eigenvalue weighted by atomic mass is 32.1. The number of carbonyl (C=O) groups is 1. The molecule has 1 amide bonds. The summed E-state index contributed by atoms with van der Waals surface area (Å²) in [7, 11) is 5.78. The first-order chi connectivity index (χ1) is 8.02. The summed E-state index contributed by atoms with van der Waals surface area (Å²) in [4.78, 5) is 13.9. The van der Waals surface area contributed by atoms with Gasteiger partial charge in [-0.25, -0.2) is 0 Å². The highest BCUT2D eigenvalue weighted by Crippen LogP contribution is 2.14. The van der Waals surface area contributed by atoms with Gasteiger partial charge in [0.25, 0.3) is 5.91 Å². The Morgan fingerprint density at radius 2 is 2.18 bits per heavy atom. The molecule has 0 bridgehead atoms. The fourth-order valence-electron chi connectivity index (χ4n) is 1.23. The van der Waals surface area contributed by atoms with E-state index in [9.17, 15) is 4.79 Å². The van der Waals surface area contributed by atoms with E-state index in [2.05, 4.69) is 25.7 Å². The zero-order chi connectivity index (χ0) is 12.8. The topological polar surface area (TPSA) is 70.1 Å². The molecule has 1 heterocycles. The van der Waals surface area contributed by atoms with Crippen LogP contribution in [0.4, 0.5) is 5.13 Å². The van der Waals surface area contributed by atoms with Gasteiger partial charge in [-0.2, -0.15) is 0 Å². The molecule has 0 fully saturated rings. The third-order valence-electron chi connectivity index (χ3n) is 2.22. The maximum atomic E-state index is 11.8. The first kappa shape index (κ1) is 13.9. The van der Waals surface area contributed by atoms with Crippen LogP contribution in [0.15, 0.2) is 0 Å². The van der Waals surface area contributed by atoms with Crippen molar-refractivity contribution in [1.29, 1.82) is 0 Å². The van der Waals surface area contributed by atoms with Crippen molar-refractivity contribution in [2.24, 2.45) is 0 Å². The number of carbonyl (C=O) groups excluding carboxylic acids is 1. The lowest BCUT2D eigenvalue weighted by molar-refractivity contribution is 0.0935. The molecule has 6 nitrogen and oxygen atoms in total. The van der Waals surface area contributed by atoms with E-state index in [0.29, 0.717) is 10.1 Å². The normalized spacial score (nSPS) is 12.5. The van der Waals surface area contributed by atoms with E-state index in [-0.39, 0.29) is 11.9 Å². The van der Waals surface area contributed by atoms with E-state index in [1.54, 1.807) is 7.05 Å². The average molecular weight is 257 g/mol. The van der Waals surface area contributed by atoms with E-state index in [1.807, 2.05) is 21.0 Å². The van der Waals surface area contributed by atoms with Crippen molar-refractivity contribution in [3.63, 3.8) is 0 Å². The molecule has 96 valence electrons. The molecule has 7 heteroatoms. The fraction of sp³-hybridized carbons (Fsp3) is 0.700. The number of hydrogen-bond donors (Lipinski definition) is 2. The van der Waals surface area contributed by atoms with Crippen LogP contribution in [0, 0.1) is 0 Å². The minimum Gasteiger partial charge on any atom is -0.363 e. The SMILES string of the molecule is CNc1nnc(C(=O)NC(C)CCN(C)C)s1. The van der Waals surface area contributed by atoms with Crippen LogP contribution in [0.3, 0.4) is 0 Å². The second-order valence-corrected chi connectivity index (χ2v) is 5.11. The van der Waals surface area contributed by atoms with Crippen LogP contribution in [-0.4, -0.2) is 54.7 Å². The molecular weight excluding hydrogens is 238 g/mol. The molecular formula is C10H19N5OS. The molecule has 1 rings (SSSR count). The molecule has 0 spiro atoms. The van der Waals surface area contributed by atoms with Gasteiger partial charge >= 0.3 is 0 Å². The van der Waals surface area contributed by atoms with Crippen LogP contribution in [0.1, 0.15) is 23.1 Å². The van der Waals surface area contributed by atoms with Crippen LogP contribution < -0.4 is 10.6 Å². The van der Waals surface area contributed by atoms with Crippen molar-refractivity contribution in [3.8, 4) is 0 Å². The Balaban J connectivity index is 2.43. The second kappa shape index (κ2) is 6.51. The number of amides is 1. The standard InChI is InChI=1S/C10H19N5OS/c1-7(5-6-15(3)4)12-8(16)9-13-14-10(11-2)17-9/h7H,5-6H2,1-4H3,(H,11,14)(H,12,16). The van der Waals surface area contributed by atoms with Crippen LogP contribution in [-0.2, 0) is 0 Å². The van der Waals surface area contributed by atoms with Gasteiger partial charge in [-0.05, 0) is 34.0 Å². The Morgan fingerprint density at radius 3 is 2.71 bits per heavy atom. The Labute approximate surface area is 105 Å². The molecule has 1 aromatic rings. The Morgan fingerprint density at radius 1 is 1.47 bits per heavy atom. The average Bonchev–Trinajstić information content (AvgIpc) is 2.74. The van der Waals surface area contributed by atoms with Gasteiger partial charge in [-0.15, -0.1) is 10.2 Å². The van der Waals surface area contributed by atoms with Crippen LogP contribution >= 0.6 is 11.3 Å². The van der Waals surface area contributed by atoms with Gasteiger partial charge in [0.1, 0.15) is 0 Å². The minimum absolute atomic E-state index is 0.131. The predicted octanol–water partition coefficient (Wildman–Crippen LogP) is 0.650. The summed E-state index contributed by atoms with van der Waals surface area (Å²) in [5, 5.41) is 14.4. The third-order valence-corrected chi connectivity index (χ3v) is 3.16. The molecule has 0 aliphatic rings. The van der Waals surface area contributed by atoms with Crippen molar-refractivity contribution in [2.75, 3.05) is 33.0 Å². The fourth-order valence-corrected chi connectivity index (χ4v) is 1.83. The predicted molar refractivity (Wildman–Crippen MR) is 69.6 cm³/mol. The van der Waals surface area contributed by atoms with Crippen molar-refractivity contribution < 1.29 is 4.79 Å². The van der Waals surface area contributed by atoms with E-state index < -0.39 is 0 Å². The summed E-state index contributed by atoms with van der Waals surface area (Å²) >= 11 is 1.25. The highest BCUT2D eigenvalue weighted by Gasteiger charge is 2.14. The smallest absolute Gasteiger partial charge is 0.282 e. The maximum Gasteiger partial charge on any atom is 0.282 e. The van der Waals surface area contributed by atoms with Gasteiger partial charge in [0, 0.05) is 13.1 Å². The van der Waals surface area contributed by atoms with Gasteiger partial charge in [0.15, 0.2) is 0 Å². The largest absolute Gasteiger partial charge is 0.363 e. The van der Waals surface area contributed by atoms with Gasteiger partial charge in [-0.3, -0.25) is 4.79 Å². The zero-order valence-electron chi connectivity index (χ0n) is 10.6. The summed E-state index contributed by atoms with van der Waals surface area (Å²) in [6, 6.07) is 0.131. The maximum absolute atomic E-state index is 11.8. The summed E-state index contributed by atoms with van der Waals surface area (Å²) in [6.45, 7) is 2.93. The molecule has 0 saturated heterocycles. The minimum atomic E-state index is -0.157. The van der Waals surface area contributed by atoms with Gasteiger partial charge < -0.3 is 15.5 Å². The number of nitrogens with zero attached hydrogens (tertiary/aromatic N) is 3. The van der Waals surface area contributed by atoms with Crippen LogP contribution in [0.5, 0.6) is 0 Å². The molecule has 0 aromatic carbocycles. The molecule has 1 atom stereocenters. The van der Waals surface area contributed by atoms with E-state index in [1.165, 1.54) is 11.3 Å². The van der Waals surface area contributed by atoms with Crippen molar-refractivity contribution in [1.82, 2.24) is 20.4 Å². The molecule has 0 radical (unpaired) electrons. The highest BCUT2D eigenvalue weighted by molar-refractivity contribution is 7.17. The number of rotatable bonds is 6. The number of nitrogens with one attached hydrogen (secondary N) is 2. The quantitative estimate of drug-likeness (QED) is 0.783. The van der Waals surface area contributed by atoms with Crippen molar-refractivity contribution in [2.45, 2.75) is 19.4 Å². The molecule has 17 heavy (non-hydrogen) atoms. The van der Waals surface area contributed by atoms with Gasteiger partial charge in [0.2, 0.25) is 10.1 Å². The molecule has 2 N–H and O–H groups in total.